The van der Waals surface area contributed by atoms with E-state index in [0.717, 1.165) is 15.8 Å². The quantitative estimate of drug-likeness (QED) is 0.364. The van der Waals surface area contributed by atoms with Crippen LogP contribution in [0.3, 0.4) is 0 Å². The van der Waals surface area contributed by atoms with Gasteiger partial charge in [0.15, 0.2) is 5.13 Å². The lowest BCUT2D eigenvalue weighted by Crippen LogP contribution is -2.16. The SMILES string of the molecule is N#Cc1c(-c2ccccc2)nc(NN=Cc2ccc3nc(N)sc3c2)[nH]c1=O. The van der Waals surface area contributed by atoms with Gasteiger partial charge in [-0.25, -0.2) is 15.4 Å². The summed E-state index contributed by atoms with van der Waals surface area (Å²) in [7, 11) is 0. The molecule has 0 aliphatic heterocycles. The summed E-state index contributed by atoms with van der Waals surface area (Å²) in [6, 6.07) is 16.6. The molecule has 9 heteroatoms. The first-order valence-corrected chi connectivity index (χ1v) is 9.00. The topological polar surface area (TPSA) is 133 Å². The molecule has 4 N–H and O–H groups in total. The summed E-state index contributed by atoms with van der Waals surface area (Å²) in [5.74, 6) is 0.141. The third-order valence-corrected chi connectivity index (χ3v) is 4.74. The molecule has 2 heterocycles. The molecule has 4 rings (SSSR count). The lowest BCUT2D eigenvalue weighted by atomic mass is 10.1. The van der Waals surface area contributed by atoms with Gasteiger partial charge in [0.25, 0.3) is 5.56 Å². The van der Waals surface area contributed by atoms with E-state index >= 15 is 0 Å². The molecule has 0 aliphatic carbocycles. The third kappa shape index (κ3) is 3.44. The van der Waals surface area contributed by atoms with Gasteiger partial charge in [-0.15, -0.1) is 0 Å². The Balaban J connectivity index is 1.62. The van der Waals surface area contributed by atoms with Crippen molar-refractivity contribution in [3.63, 3.8) is 0 Å². The molecule has 0 fully saturated rings. The van der Waals surface area contributed by atoms with Gasteiger partial charge < -0.3 is 5.73 Å². The summed E-state index contributed by atoms with van der Waals surface area (Å²) < 4.78 is 0.956. The fourth-order valence-electron chi connectivity index (χ4n) is 2.64. The minimum absolute atomic E-state index is 0.0473. The van der Waals surface area contributed by atoms with Crippen LogP contribution in [-0.2, 0) is 0 Å². The average Bonchev–Trinajstić information content (AvgIpc) is 3.07. The number of aromatic nitrogens is 3. The number of rotatable bonds is 4. The van der Waals surface area contributed by atoms with Gasteiger partial charge >= 0.3 is 0 Å². The molecule has 28 heavy (non-hydrogen) atoms. The normalized spacial score (nSPS) is 11.0. The predicted molar refractivity (Wildman–Crippen MR) is 110 cm³/mol. The van der Waals surface area contributed by atoms with Crippen molar-refractivity contribution in [1.29, 1.82) is 5.26 Å². The lowest BCUT2D eigenvalue weighted by molar-refractivity contribution is 1.08. The third-order valence-electron chi connectivity index (χ3n) is 3.89. The number of fused-ring (bicyclic) bond motifs is 1. The van der Waals surface area contributed by atoms with E-state index in [-0.39, 0.29) is 11.5 Å². The van der Waals surface area contributed by atoms with Crippen LogP contribution in [0.4, 0.5) is 11.1 Å². The summed E-state index contributed by atoms with van der Waals surface area (Å²) in [5.41, 5.74) is 10.5. The number of hydrogen-bond donors (Lipinski definition) is 3. The Morgan fingerprint density at radius 2 is 2.04 bits per heavy atom. The van der Waals surface area contributed by atoms with Gasteiger partial charge in [-0.05, 0) is 17.7 Å². The molecule has 0 atom stereocenters. The van der Waals surface area contributed by atoms with Crippen molar-refractivity contribution in [3.05, 3.63) is 70.0 Å². The maximum atomic E-state index is 12.2. The van der Waals surface area contributed by atoms with Gasteiger partial charge in [0.05, 0.1) is 22.1 Å². The standard InChI is InChI=1S/C19H13N7OS/c20-9-13-16(12-4-2-1-3-5-12)24-19(25-17(13)27)26-22-10-11-6-7-14-15(8-11)28-18(21)23-14/h1-8,10H,(H2,21,23)(H2,24,25,26,27). The minimum Gasteiger partial charge on any atom is -0.375 e. The highest BCUT2D eigenvalue weighted by atomic mass is 32.1. The maximum Gasteiger partial charge on any atom is 0.270 e. The zero-order valence-corrected chi connectivity index (χ0v) is 15.2. The largest absolute Gasteiger partial charge is 0.375 e. The Hall–Kier alpha value is -4.03. The molecule has 2 aromatic heterocycles. The van der Waals surface area contributed by atoms with Crippen molar-refractivity contribution in [3.8, 4) is 17.3 Å². The second kappa shape index (κ2) is 7.30. The fourth-order valence-corrected chi connectivity index (χ4v) is 3.42. The first kappa shape index (κ1) is 17.4. The second-order valence-corrected chi connectivity index (χ2v) is 6.83. The molecule has 0 amide bonds. The number of anilines is 2. The summed E-state index contributed by atoms with van der Waals surface area (Å²) in [6.45, 7) is 0. The van der Waals surface area contributed by atoms with Gasteiger partial charge in [0.2, 0.25) is 5.95 Å². The molecular weight excluding hydrogens is 374 g/mol. The number of thiazole rings is 1. The van der Waals surface area contributed by atoms with E-state index in [9.17, 15) is 10.1 Å². The number of aromatic amines is 1. The highest BCUT2D eigenvalue weighted by Crippen LogP contribution is 2.24. The van der Waals surface area contributed by atoms with Crippen LogP contribution in [0.2, 0.25) is 0 Å². The lowest BCUT2D eigenvalue weighted by Gasteiger charge is -2.05. The van der Waals surface area contributed by atoms with Crippen LogP contribution in [0.15, 0.2) is 58.4 Å². The number of H-pyrrole nitrogens is 1. The molecule has 0 spiro atoms. The smallest absolute Gasteiger partial charge is 0.270 e. The number of nitrogens with zero attached hydrogens (tertiary/aromatic N) is 4. The first-order valence-electron chi connectivity index (χ1n) is 8.19. The van der Waals surface area contributed by atoms with Gasteiger partial charge in [-0.3, -0.25) is 9.78 Å². The van der Waals surface area contributed by atoms with Gasteiger partial charge in [0, 0.05) is 5.56 Å². The molecule has 4 aromatic rings. The van der Waals surface area contributed by atoms with E-state index in [1.165, 1.54) is 11.3 Å². The van der Waals surface area contributed by atoms with Crippen molar-refractivity contribution in [2.24, 2.45) is 5.10 Å². The minimum atomic E-state index is -0.532. The molecule has 136 valence electrons. The van der Waals surface area contributed by atoms with Crippen LogP contribution >= 0.6 is 11.3 Å². The van der Waals surface area contributed by atoms with Crippen LogP contribution in [0.25, 0.3) is 21.5 Å². The van der Waals surface area contributed by atoms with E-state index in [0.29, 0.717) is 16.4 Å². The van der Waals surface area contributed by atoms with E-state index in [1.807, 2.05) is 42.5 Å². The van der Waals surface area contributed by atoms with Crippen molar-refractivity contribution in [2.75, 3.05) is 11.2 Å². The van der Waals surface area contributed by atoms with E-state index in [4.69, 9.17) is 5.73 Å². The zero-order valence-electron chi connectivity index (χ0n) is 14.4. The second-order valence-electron chi connectivity index (χ2n) is 5.77. The maximum absolute atomic E-state index is 12.2. The summed E-state index contributed by atoms with van der Waals surface area (Å²) in [5, 5.41) is 13.9. The van der Waals surface area contributed by atoms with Crippen molar-refractivity contribution >= 4 is 38.8 Å². The number of nitrogens with two attached hydrogens (primary N) is 1. The Morgan fingerprint density at radius 3 is 2.82 bits per heavy atom. The number of nitrogen functional groups attached to an aromatic ring is 1. The van der Waals surface area contributed by atoms with Crippen molar-refractivity contribution < 1.29 is 0 Å². The number of hydrazone groups is 1. The Morgan fingerprint density at radius 1 is 1.21 bits per heavy atom. The van der Waals surface area contributed by atoms with Crippen LogP contribution in [0.1, 0.15) is 11.1 Å². The van der Waals surface area contributed by atoms with Crippen LogP contribution < -0.4 is 16.7 Å². The molecular formula is C19H13N7OS. The summed E-state index contributed by atoms with van der Waals surface area (Å²) in [4.78, 5) is 23.3. The number of benzene rings is 2. The van der Waals surface area contributed by atoms with Gasteiger partial charge in [-0.1, -0.05) is 47.7 Å². The Kier molecular flexibility index (Phi) is 4.53. The highest BCUT2D eigenvalue weighted by molar-refractivity contribution is 7.22. The van der Waals surface area contributed by atoms with E-state index in [2.05, 4.69) is 25.5 Å². The van der Waals surface area contributed by atoms with Crippen LogP contribution in [0.5, 0.6) is 0 Å². The van der Waals surface area contributed by atoms with Crippen LogP contribution in [0, 0.1) is 11.3 Å². The average molecular weight is 387 g/mol. The molecule has 0 saturated heterocycles. The first-order chi connectivity index (χ1) is 13.6. The van der Waals surface area contributed by atoms with Gasteiger partial charge in [0.1, 0.15) is 11.6 Å². The molecule has 0 aliphatic rings. The highest BCUT2D eigenvalue weighted by Gasteiger charge is 2.12. The monoisotopic (exact) mass is 387 g/mol. The molecule has 0 saturated carbocycles. The van der Waals surface area contributed by atoms with Gasteiger partial charge in [-0.2, -0.15) is 10.4 Å². The fraction of sp³-hybridized carbons (Fsp3) is 0. The van der Waals surface area contributed by atoms with Crippen LogP contribution in [-0.4, -0.2) is 21.2 Å². The summed E-state index contributed by atoms with van der Waals surface area (Å²) >= 11 is 1.40. The zero-order chi connectivity index (χ0) is 19.5. The molecule has 8 nitrogen and oxygen atoms in total. The number of nitrogens with one attached hydrogen (secondary N) is 2. The van der Waals surface area contributed by atoms with Crippen molar-refractivity contribution in [1.82, 2.24) is 15.0 Å². The van der Waals surface area contributed by atoms with E-state index < -0.39 is 5.56 Å². The molecule has 0 radical (unpaired) electrons. The Bertz CT molecular complexity index is 1290. The number of nitriles is 1. The molecule has 0 bridgehead atoms. The predicted octanol–water partition coefficient (Wildman–Crippen LogP) is 2.95. The number of hydrogen-bond acceptors (Lipinski definition) is 8. The Labute approximate surface area is 163 Å². The van der Waals surface area contributed by atoms with Crippen molar-refractivity contribution in [2.45, 2.75) is 0 Å². The summed E-state index contributed by atoms with van der Waals surface area (Å²) in [6.07, 6.45) is 1.59. The molecule has 0 unspecified atom stereocenters. The molecule has 2 aromatic carbocycles. The van der Waals surface area contributed by atoms with E-state index in [1.54, 1.807) is 18.3 Å².